The number of ether oxygens (including phenoxy) is 1. The minimum atomic E-state index is -0.408. The van der Waals surface area contributed by atoms with Crippen LogP contribution in [-0.2, 0) is 11.3 Å². The van der Waals surface area contributed by atoms with E-state index in [1.54, 1.807) is 30.2 Å². The highest BCUT2D eigenvalue weighted by molar-refractivity contribution is 6.04. The van der Waals surface area contributed by atoms with Gasteiger partial charge in [0.1, 0.15) is 11.6 Å². The summed E-state index contributed by atoms with van der Waals surface area (Å²) in [4.78, 5) is 29.7. The van der Waals surface area contributed by atoms with E-state index in [2.05, 4.69) is 15.5 Å². The summed E-state index contributed by atoms with van der Waals surface area (Å²) in [5.74, 6) is -0.813. The van der Waals surface area contributed by atoms with Gasteiger partial charge in [-0.15, -0.1) is 0 Å². The fraction of sp³-hybridized carbons (Fsp3) is 0.462. The number of urea groups is 1. The number of fused-ring (bicyclic) bond motifs is 1. The van der Waals surface area contributed by atoms with Crippen molar-refractivity contribution in [2.75, 3.05) is 50.1 Å². The Bertz CT molecular complexity index is 1090. The van der Waals surface area contributed by atoms with E-state index in [0.29, 0.717) is 63.3 Å². The largest absolute Gasteiger partial charge is 0.383 e. The normalized spacial score (nSPS) is 16.9. The molecule has 2 N–H and O–H groups in total. The number of amides is 2. The van der Waals surface area contributed by atoms with Crippen LogP contribution in [0.4, 0.5) is 25.0 Å². The van der Waals surface area contributed by atoms with Gasteiger partial charge in [-0.3, -0.25) is 4.79 Å². The highest BCUT2D eigenvalue weighted by Gasteiger charge is 2.46. The molecular weight excluding hydrogens is 454 g/mol. The van der Waals surface area contributed by atoms with Crippen LogP contribution < -0.4 is 15.5 Å². The second kappa shape index (κ2) is 10.6. The lowest BCUT2D eigenvalue weighted by atomic mass is 9.76. The van der Waals surface area contributed by atoms with Crippen LogP contribution >= 0.6 is 0 Å². The van der Waals surface area contributed by atoms with Gasteiger partial charge in [0, 0.05) is 57.5 Å². The average Bonchev–Trinajstić information content (AvgIpc) is 2.85. The topological polar surface area (TPSA) is 73.9 Å². The molecule has 0 radical (unpaired) electrons. The van der Waals surface area contributed by atoms with Crippen molar-refractivity contribution in [2.45, 2.75) is 38.3 Å². The number of hydrogen-bond donors (Lipinski definition) is 2. The lowest BCUT2D eigenvalue weighted by Crippen LogP contribution is -2.60. The van der Waals surface area contributed by atoms with Crippen LogP contribution in [0, 0.1) is 11.6 Å². The van der Waals surface area contributed by atoms with Crippen molar-refractivity contribution in [1.29, 1.82) is 0 Å². The Kier molecular flexibility index (Phi) is 7.54. The quantitative estimate of drug-likeness (QED) is 0.575. The maximum atomic E-state index is 14.0. The maximum absolute atomic E-state index is 14.0. The summed E-state index contributed by atoms with van der Waals surface area (Å²) in [6, 6.07) is 8.93. The minimum Gasteiger partial charge on any atom is -0.383 e. The summed E-state index contributed by atoms with van der Waals surface area (Å²) < 4.78 is 32.7. The van der Waals surface area contributed by atoms with E-state index < -0.39 is 5.82 Å². The van der Waals surface area contributed by atoms with Gasteiger partial charge in [0.15, 0.2) is 5.78 Å². The van der Waals surface area contributed by atoms with E-state index >= 15 is 0 Å². The molecule has 2 aliphatic rings. The first-order chi connectivity index (χ1) is 16.9. The summed E-state index contributed by atoms with van der Waals surface area (Å²) in [6.45, 7) is 4.97. The lowest BCUT2D eigenvalue weighted by molar-refractivity contribution is 0.0885. The number of Topliss-reactive ketones (excluding diaryl/α,β-unsaturated/α-hetero) is 1. The molecule has 2 heterocycles. The van der Waals surface area contributed by atoms with Crippen molar-refractivity contribution < 1.29 is 23.1 Å². The second-order valence-corrected chi connectivity index (χ2v) is 9.11. The third-order valence-corrected chi connectivity index (χ3v) is 7.01. The molecule has 0 atom stereocenters. The van der Waals surface area contributed by atoms with Crippen molar-refractivity contribution in [3.63, 3.8) is 0 Å². The zero-order valence-electron chi connectivity index (χ0n) is 20.2. The van der Waals surface area contributed by atoms with Crippen molar-refractivity contribution in [3.8, 4) is 0 Å². The maximum Gasteiger partial charge on any atom is 0.317 e. The average molecular weight is 487 g/mol. The molecule has 188 valence electrons. The monoisotopic (exact) mass is 486 g/mol. The predicted octanol–water partition coefficient (Wildman–Crippen LogP) is 4.18. The standard InChI is InChI=1S/C26H32F2N4O3/c1-3-32-23-7-5-19(27)15-20(23)24(33)16-26(32)8-11-31(12-9-26)25(34)30-17-18-4-6-21(28)22(14-18)29-10-13-35-2/h4-7,14-15,29H,3,8-13,16-17H2,1-2H3,(H,30,34). The fourth-order valence-electron chi connectivity index (χ4n) is 5.19. The minimum absolute atomic E-state index is 0.0478. The molecule has 0 bridgehead atoms. The summed E-state index contributed by atoms with van der Waals surface area (Å²) in [7, 11) is 1.58. The van der Waals surface area contributed by atoms with Gasteiger partial charge in [-0.05, 0) is 55.7 Å². The van der Waals surface area contributed by atoms with E-state index in [1.807, 2.05) is 6.92 Å². The van der Waals surface area contributed by atoms with Crippen molar-refractivity contribution >= 4 is 23.2 Å². The first-order valence-electron chi connectivity index (χ1n) is 12.0. The number of anilines is 2. The van der Waals surface area contributed by atoms with Gasteiger partial charge in [0.05, 0.1) is 17.8 Å². The van der Waals surface area contributed by atoms with Crippen LogP contribution in [0.2, 0.25) is 0 Å². The molecule has 35 heavy (non-hydrogen) atoms. The number of likely N-dealkylation sites (tertiary alicyclic amines) is 1. The number of piperidine rings is 1. The number of carbonyl (C=O) groups is 2. The first kappa shape index (κ1) is 24.9. The zero-order valence-corrected chi connectivity index (χ0v) is 20.2. The Morgan fingerprint density at radius 1 is 1.14 bits per heavy atom. The summed E-state index contributed by atoms with van der Waals surface area (Å²) in [6.07, 6.45) is 1.63. The molecule has 4 rings (SSSR count). The second-order valence-electron chi connectivity index (χ2n) is 9.11. The molecule has 1 saturated heterocycles. The third-order valence-electron chi connectivity index (χ3n) is 7.01. The van der Waals surface area contributed by atoms with Crippen molar-refractivity contribution in [3.05, 3.63) is 59.2 Å². The molecule has 9 heteroatoms. The van der Waals surface area contributed by atoms with Gasteiger partial charge in [0.2, 0.25) is 0 Å². The van der Waals surface area contributed by atoms with E-state index in [4.69, 9.17) is 4.74 Å². The molecule has 0 aliphatic carbocycles. The molecular formula is C26H32F2N4O3. The van der Waals surface area contributed by atoms with Gasteiger partial charge < -0.3 is 25.2 Å². The Morgan fingerprint density at radius 2 is 1.91 bits per heavy atom. The SMILES string of the molecule is CCN1c2ccc(F)cc2C(=O)CC12CCN(C(=O)NCc1ccc(F)c(NCCOC)c1)CC2. The molecule has 0 aromatic heterocycles. The Balaban J connectivity index is 1.36. The number of methoxy groups -OCH3 is 1. The highest BCUT2D eigenvalue weighted by Crippen LogP contribution is 2.42. The van der Waals surface area contributed by atoms with Gasteiger partial charge in [-0.25, -0.2) is 13.6 Å². The van der Waals surface area contributed by atoms with Crippen LogP contribution in [0.3, 0.4) is 0 Å². The first-order valence-corrected chi connectivity index (χ1v) is 12.0. The lowest BCUT2D eigenvalue weighted by Gasteiger charge is -2.52. The Hall–Kier alpha value is -3.20. The number of nitrogens with zero attached hydrogens (tertiary/aromatic N) is 2. The van der Waals surface area contributed by atoms with Gasteiger partial charge in [-0.2, -0.15) is 0 Å². The van der Waals surface area contributed by atoms with Crippen LogP contribution in [-0.4, -0.2) is 62.1 Å². The summed E-state index contributed by atoms with van der Waals surface area (Å²) in [5.41, 5.74) is 2.00. The molecule has 7 nitrogen and oxygen atoms in total. The van der Waals surface area contributed by atoms with Gasteiger partial charge >= 0.3 is 6.03 Å². The van der Waals surface area contributed by atoms with Gasteiger partial charge in [0.25, 0.3) is 0 Å². The Morgan fingerprint density at radius 3 is 2.63 bits per heavy atom. The Labute approximate surface area is 204 Å². The van der Waals surface area contributed by atoms with E-state index in [-0.39, 0.29) is 29.7 Å². The molecule has 2 aliphatic heterocycles. The molecule has 2 amide bonds. The smallest absolute Gasteiger partial charge is 0.317 e. The molecule has 2 aromatic rings. The van der Waals surface area contributed by atoms with E-state index in [1.165, 1.54) is 18.2 Å². The number of nitrogens with one attached hydrogen (secondary N) is 2. The molecule has 1 spiro atoms. The fourth-order valence-corrected chi connectivity index (χ4v) is 5.19. The number of halogens is 2. The molecule has 0 saturated carbocycles. The van der Waals surface area contributed by atoms with Gasteiger partial charge in [-0.1, -0.05) is 6.07 Å². The van der Waals surface area contributed by atoms with Crippen LogP contribution in [0.5, 0.6) is 0 Å². The summed E-state index contributed by atoms with van der Waals surface area (Å²) >= 11 is 0. The van der Waals surface area contributed by atoms with Crippen LogP contribution in [0.25, 0.3) is 0 Å². The third kappa shape index (κ3) is 5.24. The van der Waals surface area contributed by atoms with Crippen LogP contribution in [0.15, 0.2) is 36.4 Å². The number of rotatable bonds is 7. The van der Waals surface area contributed by atoms with Crippen molar-refractivity contribution in [2.24, 2.45) is 0 Å². The zero-order chi connectivity index (χ0) is 25.0. The number of ketones is 1. The van der Waals surface area contributed by atoms with Crippen molar-refractivity contribution in [1.82, 2.24) is 10.2 Å². The number of carbonyl (C=O) groups excluding carboxylic acids is 2. The van der Waals surface area contributed by atoms with E-state index in [0.717, 1.165) is 11.3 Å². The van der Waals surface area contributed by atoms with Crippen LogP contribution in [0.1, 0.15) is 42.1 Å². The van der Waals surface area contributed by atoms with E-state index in [9.17, 15) is 18.4 Å². The molecule has 0 unspecified atom stereocenters. The highest BCUT2D eigenvalue weighted by atomic mass is 19.1. The number of hydrogen-bond acceptors (Lipinski definition) is 5. The predicted molar refractivity (Wildman–Crippen MR) is 131 cm³/mol. The number of benzene rings is 2. The molecule has 1 fully saturated rings. The summed E-state index contributed by atoms with van der Waals surface area (Å²) in [5, 5.41) is 5.91. The molecule has 2 aromatic carbocycles.